The van der Waals surface area contributed by atoms with Crippen molar-refractivity contribution in [2.75, 3.05) is 13.7 Å². The van der Waals surface area contributed by atoms with E-state index in [1.54, 1.807) is 29.2 Å². The third-order valence-corrected chi connectivity index (χ3v) is 5.36. The van der Waals surface area contributed by atoms with Crippen LogP contribution in [0.25, 0.3) is 6.08 Å². The number of halogens is 1. The van der Waals surface area contributed by atoms with Gasteiger partial charge >= 0.3 is 5.97 Å². The number of aliphatic imine (C=N–C) groups is 1. The molecule has 5 nitrogen and oxygen atoms in total. The largest absolute Gasteiger partial charge is 0.465 e. The van der Waals surface area contributed by atoms with Gasteiger partial charge in [-0.3, -0.25) is 9.69 Å². The summed E-state index contributed by atoms with van der Waals surface area (Å²) in [5, 5.41) is 0.620. The molecule has 1 amide bonds. The van der Waals surface area contributed by atoms with Gasteiger partial charge in [-0.25, -0.2) is 9.79 Å². The summed E-state index contributed by atoms with van der Waals surface area (Å²) in [6, 6.07) is 14.5. The fraction of sp³-hybridized carbons (Fsp3) is 0.150. The first-order valence-corrected chi connectivity index (χ1v) is 9.87. The van der Waals surface area contributed by atoms with Crippen molar-refractivity contribution in [3.05, 3.63) is 69.0 Å². The van der Waals surface area contributed by atoms with Crippen molar-refractivity contribution in [2.45, 2.75) is 6.92 Å². The molecule has 1 aliphatic heterocycles. The molecule has 2 aromatic rings. The van der Waals surface area contributed by atoms with Gasteiger partial charge < -0.3 is 4.74 Å². The number of thioether (sulfide) groups is 1. The van der Waals surface area contributed by atoms with Crippen LogP contribution in [0.2, 0.25) is 0 Å². The van der Waals surface area contributed by atoms with Gasteiger partial charge in [0.05, 0.1) is 23.3 Å². The number of benzene rings is 2. The first-order valence-electron chi connectivity index (χ1n) is 8.26. The van der Waals surface area contributed by atoms with Crippen LogP contribution in [0.4, 0.5) is 5.69 Å². The third kappa shape index (κ3) is 4.48. The molecular weight excluding hydrogens is 428 g/mol. The minimum atomic E-state index is -0.394. The number of amides is 1. The molecule has 0 N–H and O–H groups in total. The number of esters is 1. The van der Waals surface area contributed by atoms with Gasteiger partial charge in [-0.2, -0.15) is 0 Å². The molecule has 27 heavy (non-hydrogen) atoms. The number of nitrogens with zero attached hydrogens (tertiary/aromatic N) is 2. The number of carbonyl (C=O) groups excluding carboxylic acids is 2. The fourth-order valence-corrected chi connectivity index (χ4v) is 4.00. The molecule has 0 spiro atoms. The van der Waals surface area contributed by atoms with Crippen LogP contribution in [0.5, 0.6) is 0 Å². The lowest BCUT2D eigenvalue weighted by atomic mass is 10.2. The average Bonchev–Trinajstić information content (AvgIpc) is 2.96. The monoisotopic (exact) mass is 444 g/mol. The van der Waals surface area contributed by atoms with Gasteiger partial charge in [0, 0.05) is 11.0 Å². The van der Waals surface area contributed by atoms with Gasteiger partial charge in [0.1, 0.15) is 0 Å². The minimum absolute atomic E-state index is 0.0626. The Labute approximate surface area is 170 Å². The Hall–Kier alpha value is -2.38. The summed E-state index contributed by atoms with van der Waals surface area (Å²) in [5.41, 5.74) is 2.07. The van der Waals surface area contributed by atoms with E-state index in [1.807, 2.05) is 37.3 Å². The average molecular weight is 445 g/mol. The first-order chi connectivity index (χ1) is 13.0. The number of amidine groups is 1. The van der Waals surface area contributed by atoms with Crippen molar-refractivity contribution in [3.63, 3.8) is 0 Å². The Bertz CT molecular complexity index is 938. The maximum atomic E-state index is 12.7. The number of carbonyl (C=O) groups is 2. The molecule has 0 aliphatic carbocycles. The molecule has 2 aromatic carbocycles. The number of rotatable bonds is 4. The predicted octanol–water partition coefficient (Wildman–Crippen LogP) is 4.86. The zero-order chi connectivity index (χ0) is 19.4. The summed E-state index contributed by atoms with van der Waals surface area (Å²) in [4.78, 5) is 31.1. The maximum absolute atomic E-state index is 12.7. The lowest BCUT2D eigenvalue weighted by Gasteiger charge is -2.12. The van der Waals surface area contributed by atoms with E-state index < -0.39 is 5.97 Å². The van der Waals surface area contributed by atoms with Gasteiger partial charge in [0.2, 0.25) is 0 Å². The van der Waals surface area contributed by atoms with Crippen LogP contribution in [-0.4, -0.2) is 35.6 Å². The molecule has 0 atom stereocenters. The summed E-state index contributed by atoms with van der Waals surface area (Å²) >= 11 is 4.78. The van der Waals surface area contributed by atoms with Crippen LogP contribution in [0.15, 0.2) is 62.9 Å². The molecule has 0 bridgehead atoms. The number of likely N-dealkylation sites (N-methyl/N-ethyl adjacent to an activating group) is 1. The van der Waals surface area contributed by atoms with E-state index in [0.717, 1.165) is 10.0 Å². The van der Waals surface area contributed by atoms with Gasteiger partial charge in [-0.1, -0.05) is 28.1 Å². The highest BCUT2D eigenvalue weighted by molar-refractivity contribution is 9.10. The number of methoxy groups -OCH3 is 1. The lowest BCUT2D eigenvalue weighted by Crippen LogP contribution is -2.28. The van der Waals surface area contributed by atoms with Crippen LogP contribution < -0.4 is 0 Å². The predicted molar refractivity (Wildman–Crippen MR) is 112 cm³/mol. The SMILES string of the molecule is CCN1C(=O)/C(=C/c2cccc(Br)c2)SC1=Nc1ccc(C(=O)OC)cc1. The molecule has 1 fully saturated rings. The summed E-state index contributed by atoms with van der Waals surface area (Å²) in [7, 11) is 1.34. The topological polar surface area (TPSA) is 59.0 Å². The quantitative estimate of drug-likeness (QED) is 0.498. The van der Waals surface area contributed by atoms with Crippen LogP contribution in [0, 0.1) is 0 Å². The van der Waals surface area contributed by atoms with Gasteiger partial charge in [-0.05, 0) is 66.7 Å². The van der Waals surface area contributed by atoms with E-state index in [2.05, 4.69) is 20.9 Å². The summed E-state index contributed by atoms with van der Waals surface area (Å²) in [5.74, 6) is -0.457. The molecule has 0 unspecified atom stereocenters. The zero-order valence-corrected chi connectivity index (χ0v) is 17.2. The minimum Gasteiger partial charge on any atom is -0.465 e. The van der Waals surface area contributed by atoms with Crippen molar-refractivity contribution in [1.29, 1.82) is 0 Å². The first kappa shape index (κ1) is 19.4. The Balaban J connectivity index is 1.88. The second kappa shape index (κ2) is 8.54. The van der Waals surface area contributed by atoms with Crippen LogP contribution in [0.3, 0.4) is 0 Å². The molecule has 0 saturated carbocycles. The van der Waals surface area contributed by atoms with E-state index in [9.17, 15) is 9.59 Å². The molecule has 138 valence electrons. The van der Waals surface area contributed by atoms with E-state index >= 15 is 0 Å². The molecule has 1 saturated heterocycles. The number of hydrogen-bond donors (Lipinski definition) is 0. The van der Waals surface area contributed by atoms with E-state index in [4.69, 9.17) is 4.74 Å². The Morgan fingerprint density at radius 2 is 2.00 bits per heavy atom. The number of hydrogen-bond acceptors (Lipinski definition) is 5. The van der Waals surface area contributed by atoms with E-state index in [-0.39, 0.29) is 5.91 Å². The van der Waals surface area contributed by atoms with Crippen molar-refractivity contribution < 1.29 is 14.3 Å². The van der Waals surface area contributed by atoms with E-state index in [1.165, 1.54) is 18.9 Å². The second-order valence-corrected chi connectivity index (χ2v) is 7.57. The maximum Gasteiger partial charge on any atom is 0.337 e. The van der Waals surface area contributed by atoms with E-state index in [0.29, 0.717) is 27.9 Å². The molecule has 7 heteroatoms. The summed E-state index contributed by atoms with van der Waals surface area (Å²) in [6.07, 6.45) is 1.86. The Kier molecular flexibility index (Phi) is 6.13. The van der Waals surface area contributed by atoms with Gasteiger partial charge in [0.25, 0.3) is 5.91 Å². The summed E-state index contributed by atoms with van der Waals surface area (Å²) < 4.78 is 5.65. The van der Waals surface area contributed by atoms with Gasteiger partial charge in [-0.15, -0.1) is 0 Å². The highest BCUT2D eigenvalue weighted by Crippen LogP contribution is 2.34. The number of ether oxygens (including phenoxy) is 1. The van der Waals surface area contributed by atoms with Crippen LogP contribution >= 0.6 is 27.7 Å². The second-order valence-electron chi connectivity index (χ2n) is 5.65. The van der Waals surface area contributed by atoms with Crippen LogP contribution in [0.1, 0.15) is 22.8 Å². The molecular formula is C20H17BrN2O3S. The Morgan fingerprint density at radius 3 is 2.63 bits per heavy atom. The summed E-state index contributed by atoms with van der Waals surface area (Å²) in [6.45, 7) is 2.44. The highest BCUT2D eigenvalue weighted by Gasteiger charge is 2.32. The van der Waals surface area contributed by atoms with Crippen molar-refractivity contribution in [2.24, 2.45) is 4.99 Å². The Morgan fingerprint density at radius 1 is 1.26 bits per heavy atom. The molecule has 3 rings (SSSR count). The van der Waals surface area contributed by atoms with Crippen molar-refractivity contribution >= 4 is 56.5 Å². The van der Waals surface area contributed by atoms with Crippen molar-refractivity contribution in [1.82, 2.24) is 4.90 Å². The zero-order valence-electron chi connectivity index (χ0n) is 14.8. The fourth-order valence-electron chi connectivity index (χ4n) is 2.52. The van der Waals surface area contributed by atoms with Crippen molar-refractivity contribution in [3.8, 4) is 0 Å². The lowest BCUT2D eigenvalue weighted by molar-refractivity contribution is -0.122. The standard InChI is InChI=1S/C20H17BrN2O3S/c1-3-23-18(24)17(12-13-5-4-6-15(21)11-13)27-20(23)22-16-9-7-14(8-10-16)19(25)26-2/h4-12H,3H2,1-2H3/b17-12-,22-20?. The normalized spacial score (nSPS) is 17.0. The van der Waals surface area contributed by atoms with Gasteiger partial charge in [0.15, 0.2) is 5.17 Å². The highest BCUT2D eigenvalue weighted by atomic mass is 79.9. The van der Waals surface area contributed by atoms with Crippen LogP contribution in [-0.2, 0) is 9.53 Å². The smallest absolute Gasteiger partial charge is 0.337 e. The molecule has 1 heterocycles. The third-order valence-electron chi connectivity index (χ3n) is 3.86. The molecule has 0 aromatic heterocycles. The molecule has 1 aliphatic rings. The molecule has 0 radical (unpaired) electrons.